The van der Waals surface area contributed by atoms with E-state index in [2.05, 4.69) is 0 Å². The van der Waals surface area contributed by atoms with E-state index >= 15 is 0 Å². The lowest BCUT2D eigenvalue weighted by Crippen LogP contribution is -2.59. The Hall–Kier alpha value is -2.08. The molecule has 3 N–H and O–H groups in total. The molecule has 0 unspecified atom stereocenters. The van der Waals surface area contributed by atoms with Gasteiger partial charge in [-0.2, -0.15) is 0 Å². The Labute approximate surface area is 136 Å². The highest BCUT2D eigenvalue weighted by molar-refractivity contribution is 5.89. The van der Waals surface area contributed by atoms with Gasteiger partial charge >= 0.3 is 0 Å². The number of hydrogen-bond acceptors (Lipinski definition) is 4. The van der Waals surface area contributed by atoms with E-state index in [0.29, 0.717) is 13.0 Å². The number of hydrogen-bond donors (Lipinski definition) is 2. The van der Waals surface area contributed by atoms with Crippen LogP contribution >= 0.6 is 0 Å². The summed E-state index contributed by atoms with van der Waals surface area (Å²) < 4.78 is 5.13. The Morgan fingerprint density at radius 3 is 2.43 bits per heavy atom. The minimum atomic E-state index is -1.64. The Morgan fingerprint density at radius 1 is 1.30 bits per heavy atom. The summed E-state index contributed by atoms with van der Waals surface area (Å²) in [5.74, 6) is -0.197. The van der Waals surface area contributed by atoms with Crippen LogP contribution in [-0.2, 0) is 15.0 Å². The van der Waals surface area contributed by atoms with Crippen molar-refractivity contribution in [1.82, 2.24) is 4.90 Å². The lowest BCUT2D eigenvalue weighted by atomic mass is 9.81. The van der Waals surface area contributed by atoms with Gasteiger partial charge in [0.25, 0.3) is 5.91 Å². The molecule has 1 aromatic rings. The van der Waals surface area contributed by atoms with Gasteiger partial charge in [-0.15, -0.1) is 0 Å². The summed E-state index contributed by atoms with van der Waals surface area (Å²) in [5.41, 5.74) is 3.71. The third-order valence-electron chi connectivity index (χ3n) is 4.56. The minimum absolute atomic E-state index is 0.0548. The number of primary amides is 1. The van der Waals surface area contributed by atoms with Crippen molar-refractivity contribution in [3.8, 4) is 5.75 Å². The lowest BCUT2D eigenvalue weighted by molar-refractivity contribution is -0.151. The van der Waals surface area contributed by atoms with E-state index in [1.807, 2.05) is 26.0 Å². The number of likely N-dealkylation sites (tertiary alicyclic amines) is 1. The van der Waals surface area contributed by atoms with Gasteiger partial charge in [-0.25, -0.2) is 0 Å². The molecule has 1 fully saturated rings. The van der Waals surface area contributed by atoms with Crippen LogP contribution in [0.5, 0.6) is 5.75 Å². The second kappa shape index (κ2) is 6.20. The van der Waals surface area contributed by atoms with Crippen molar-refractivity contribution in [2.75, 3.05) is 20.2 Å². The van der Waals surface area contributed by atoms with Crippen LogP contribution in [0.25, 0.3) is 0 Å². The minimum Gasteiger partial charge on any atom is -0.497 e. The molecular weight excluding hydrogens is 296 g/mol. The van der Waals surface area contributed by atoms with Crippen LogP contribution in [0.1, 0.15) is 32.3 Å². The first-order valence-corrected chi connectivity index (χ1v) is 7.67. The number of aliphatic hydroxyl groups is 1. The van der Waals surface area contributed by atoms with Crippen molar-refractivity contribution in [2.24, 2.45) is 5.73 Å². The van der Waals surface area contributed by atoms with E-state index in [-0.39, 0.29) is 18.9 Å². The maximum absolute atomic E-state index is 12.9. The first-order valence-electron chi connectivity index (χ1n) is 7.67. The van der Waals surface area contributed by atoms with Crippen LogP contribution in [0.15, 0.2) is 24.3 Å². The van der Waals surface area contributed by atoms with Crippen molar-refractivity contribution in [2.45, 2.75) is 37.7 Å². The van der Waals surface area contributed by atoms with Gasteiger partial charge in [-0.05, 0) is 44.4 Å². The van der Waals surface area contributed by atoms with Gasteiger partial charge in [-0.3, -0.25) is 9.59 Å². The Kier molecular flexibility index (Phi) is 4.66. The molecule has 1 aliphatic heterocycles. The molecule has 126 valence electrons. The number of benzene rings is 1. The fourth-order valence-corrected chi connectivity index (χ4v) is 2.94. The van der Waals surface area contributed by atoms with E-state index in [4.69, 9.17) is 10.5 Å². The molecule has 1 aromatic carbocycles. The van der Waals surface area contributed by atoms with E-state index in [0.717, 1.165) is 11.3 Å². The van der Waals surface area contributed by atoms with E-state index < -0.39 is 16.9 Å². The summed E-state index contributed by atoms with van der Waals surface area (Å²) in [6.45, 7) is 4.11. The second-order valence-corrected chi connectivity index (χ2v) is 6.58. The molecule has 1 saturated heterocycles. The standard InChI is InChI=1S/C17H24N2O4/c1-16(2,12-5-7-13(23-3)8-6-12)15(21)19-10-4-9-17(22,11-19)14(18)20/h5-8,22H,4,9-11H2,1-3H3,(H2,18,20)/t17-/m1/s1. The third kappa shape index (κ3) is 3.32. The van der Waals surface area contributed by atoms with Crippen molar-refractivity contribution < 1.29 is 19.4 Å². The normalized spacial score (nSPS) is 21.8. The predicted molar refractivity (Wildman–Crippen MR) is 86.0 cm³/mol. The number of carbonyl (C=O) groups is 2. The highest BCUT2D eigenvalue weighted by atomic mass is 16.5. The Balaban J connectivity index is 2.21. The van der Waals surface area contributed by atoms with Crippen molar-refractivity contribution in [1.29, 1.82) is 0 Å². The molecule has 2 rings (SSSR count). The molecule has 0 aliphatic carbocycles. The Bertz CT molecular complexity index is 597. The number of methoxy groups -OCH3 is 1. The van der Waals surface area contributed by atoms with Gasteiger partial charge in [-0.1, -0.05) is 12.1 Å². The molecule has 23 heavy (non-hydrogen) atoms. The lowest BCUT2D eigenvalue weighted by Gasteiger charge is -2.40. The van der Waals surface area contributed by atoms with Crippen LogP contribution in [0.2, 0.25) is 0 Å². The van der Waals surface area contributed by atoms with Gasteiger partial charge in [0.05, 0.1) is 19.1 Å². The molecule has 1 aliphatic rings. The molecule has 1 heterocycles. The summed E-state index contributed by atoms with van der Waals surface area (Å²) >= 11 is 0. The molecule has 0 aromatic heterocycles. The van der Waals surface area contributed by atoms with E-state index in [1.54, 1.807) is 19.2 Å². The fourth-order valence-electron chi connectivity index (χ4n) is 2.94. The molecule has 0 saturated carbocycles. The Morgan fingerprint density at radius 2 is 1.91 bits per heavy atom. The molecule has 1 atom stereocenters. The highest BCUT2D eigenvalue weighted by Crippen LogP contribution is 2.30. The molecule has 0 bridgehead atoms. The molecule has 6 heteroatoms. The van der Waals surface area contributed by atoms with Crippen LogP contribution in [0, 0.1) is 0 Å². The third-order valence-corrected chi connectivity index (χ3v) is 4.56. The zero-order valence-corrected chi connectivity index (χ0v) is 13.8. The summed E-state index contributed by atoms with van der Waals surface area (Å²) in [6.07, 6.45) is 0.832. The van der Waals surface area contributed by atoms with Crippen molar-refractivity contribution in [3.63, 3.8) is 0 Å². The maximum atomic E-state index is 12.9. The molecule has 2 amide bonds. The monoisotopic (exact) mass is 320 g/mol. The van der Waals surface area contributed by atoms with Gasteiger partial charge in [0.1, 0.15) is 5.75 Å². The number of β-amino-alcohol motifs (C(OH)–C–C–N with tert-alkyl or cyclic N) is 1. The van der Waals surface area contributed by atoms with E-state index in [1.165, 1.54) is 4.90 Å². The average molecular weight is 320 g/mol. The SMILES string of the molecule is COc1ccc(C(C)(C)C(=O)N2CCC[C@](O)(C(N)=O)C2)cc1. The quantitative estimate of drug-likeness (QED) is 0.858. The van der Waals surface area contributed by atoms with E-state index in [9.17, 15) is 14.7 Å². The summed E-state index contributed by atoms with van der Waals surface area (Å²) in [4.78, 5) is 25.9. The smallest absolute Gasteiger partial charge is 0.251 e. The van der Waals surface area contributed by atoms with Gasteiger partial charge in [0, 0.05) is 6.54 Å². The number of nitrogens with zero attached hydrogens (tertiary/aromatic N) is 1. The number of amides is 2. The summed E-state index contributed by atoms with van der Waals surface area (Å²) in [7, 11) is 1.59. The number of carbonyl (C=O) groups excluding carboxylic acids is 2. The molecule has 0 spiro atoms. The van der Waals surface area contributed by atoms with Crippen molar-refractivity contribution >= 4 is 11.8 Å². The first-order chi connectivity index (χ1) is 10.7. The zero-order chi connectivity index (χ0) is 17.3. The number of ether oxygens (including phenoxy) is 1. The summed E-state index contributed by atoms with van der Waals surface area (Å²) in [5, 5.41) is 10.3. The zero-order valence-electron chi connectivity index (χ0n) is 13.8. The number of piperidine rings is 1. The first kappa shape index (κ1) is 17.3. The van der Waals surface area contributed by atoms with Crippen LogP contribution in [-0.4, -0.2) is 47.6 Å². The largest absolute Gasteiger partial charge is 0.497 e. The summed E-state index contributed by atoms with van der Waals surface area (Å²) in [6, 6.07) is 7.31. The predicted octanol–water partition coefficient (Wildman–Crippen LogP) is 0.812. The molecular formula is C17H24N2O4. The number of nitrogens with two attached hydrogens (primary N) is 1. The van der Waals surface area contributed by atoms with Crippen LogP contribution < -0.4 is 10.5 Å². The van der Waals surface area contributed by atoms with Gasteiger partial charge in [0.2, 0.25) is 5.91 Å². The maximum Gasteiger partial charge on any atom is 0.251 e. The van der Waals surface area contributed by atoms with Crippen LogP contribution in [0.4, 0.5) is 0 Å². The van der Waals surface area contributed by atoms with Gasteiger partial charge < -0.3 is 20.5 Å². The number of rotatable bonds is 4. The fraction of sp³-hybridized carbons (Fsp3) is 0.529. The van der Waals surface area contributed by atoms with Crippen molar-refractivity contribution in [3.05, 3.63) is 29.8 Å². The highest BCUT2D eigenvalue weighted by Gasteiger charge is 2.43. The topological polar surface area (TPSA) is 92.9 Å². The molecule has 6 nitrogen and oxygen atoms in total. The van der Waals surface area contributed by atoms with Crippen LogP contribution in [0.3, 0.4) is 0 Å². The van der Waals surface area contributed by atoms with Gasteiger partial charge in [0.15, 0.2) is 5.60 Å². The average Bonchev–Trinajstić information content (AvgIpc) is 2.54. The molecule has 0 radical (unpaired) electrons. The second-order valence-electron chi connectivity index (χ2n) is 6.58.